The van der Waals surface area contributed by atoms with Gasteiger partial charge in [-0.1, -0.05) is 32.4 Å². The topological polar surface area (TPSA) is 63.6 Å². The minimum absolute atomic E-state index is 0.237. The molecule has 1 unspecified atom stereocenters. The van der Waals surface area contributed by atoms with Gasteiger partial charge in [-0.2, -0.15) is 0 Å². The lowest BCUT2D eigenvalue weighted by Gasteiger charge is -2.27. The van der Waals surface area contributed by atoms with E-state index in [1.807, 2.05) is 0 Å². The van der Waals surface area contributed by atoms with Crippen molar-refractivity contribution in [3.05, 3.63) is 0 Å². The molecule has 5 heteroatoms. The van der Waals surface area contributed by atoms with Crippen molar-refractivity contribution in [1.29, 1.82) is 0 Å². The van der Waals surface area contributed by atoms with Gasteiger partial charge in [-0.05, 0) is 5.41 Å². The van der Waals surface area contributed by atoms with Gasteiger partial charge in [0.2, 0.25) is 0 Å². The number of carboxylic acids is 1. The zero-order chi connectivity index (χ0) is 11.4. The average molecular weight is 223 g/mol. The highest BCUT2D eigenvalue weighted by Crippen LogP contribution is 2.29. The summed E-state index contributed by atoms with van der Waals surface area (Å²) in [6.45, 7) is 5.36. The van der Waals surface area contributed by atoms with E-state index in [2.05, 4.69) is 4.74 Å². The zero-order valence-corrected chi connectivity index (χ0v) is 9.30. The Kier molecular flexibility index (Phi) is 4.91. The lowest BCUT2D eigenvalue weighted by molar-refractivity contribution is -0.155. The van der Waals surface area contributed by atoms with E-state index in [1.54, 1.807) is 20.8 Å². The smallest absolute Gasteiger partial charge is 0.311 e. The summed E-state index contributed by atoms with van der Waals surface area (Å²) in [5, 5.41) is 8.62. The van der Waals surface area contributed by atoms with Gasteiger partial charge in [-0.3, -0.25) is 9.59 Å². The van der Waals surface area contributed by atoms with Crippen LogP contribution < -0.4 is 0 Å². The summed E-state index contributed by atoms with van der Waals surface area (Å²) in [7, 11) is 0. The molecule has 0 aromatic heterocycles. The molecule has 0 rings (SSSR count). The van der Waals surface area contributed by atoms with Crippen molar-refractivity contribution in [1.82, 2.24) is 0 Å². The molecule has 0 aromatic rings. The number of hydrogen-bond donors (Lipinski definition) is 1. The number of rotatable bonds is 4. The summed E-state index contributed by atoms with van der Waals surface area (Å²) in [4.78, 5) is 21.9. The second kappa shape index (κ2) is 5.20. The van der Waals surface area contributed by atoms with Crippen LogP contribution in [0.3, 0.4) is 0 Å². The van der Waals surface area contributed by atoms with Crippen LogP contribution in [0, 0.1) is 11.3 Å². The van der Waals surface area contributed by atoms with Crippen molar-refractivity contribution in [3.8, 4) is 0 Å². The molecule has 0 saturated carbocycles. The Morgan fingerprint density at radius 2 is 1.93 bits per heavy atom. The highest BCUT2D eigenvalue weighted by atomic mass is 35.5. The lowest BCUT2D eigenvalue weighted by Crippen LogP contribution is -2.32. The highest BCUT2D eigenvalue weighted by molar-refractivity contribution is 6.17. The fourth-order valence-corrected chi connectivity index (χ4v) is 1.18. The number of alkyl halides is 1. The van der Waals surface area contributed by atoms with Crippen LogP contribution in [0.5, 0.6) is 0 Å². The van der Waals surface area contributed by atoms with Gasteiger partial charge in [0.25, 0.3) is 0 Å². The molecule has 0 spiro atoms. The second-order valence-electron chi connectivity index (χ2n) is 4.09. The predicted octanol–water partition coefficient (Wildman–Crippen LogP) is 1.86. The Morgan fingerprint density at radius 3 is 2.21 bits per heavy atom. The molecule has 14 heavy (non-hydrogen) atoms. The molecule has 0 aliphatic heterocycles. The molecule has 0 aromatic carbocycles. The van der Waals surface area contributed by atoms with Gasteiger partial charge < -0.3 is 9.84 Å². The maximum Gasteiger partial charge on any atom is 0.311 e. The van der Waals surface area contributed by atoms with E-state index in [0.29, 0.717) is 0 Å². The van der Waals surface area contributed by atoms with Crippen molar-refractivity contribution in [2.24, 2.45) is 11.3 Å². The second-order valence-corrected chi connectivity index (χ2v) is 4.31. The third kappa shape index (κ3) is 4.46. The molecule has 0 radical (unpaired) electrons. The van der Waals surface area contributed by atoms with Crippen molar-refractivity contribution in [2.75, 3.05) is 6.07 Å². The first kappa shape index (κ1) is 13.2. The zero-order valence-electron chi connectivity index (χ0n) is 8.54. The summed E-state index contributed by atoms with van der Waals surface area (Å²) < 4.78 is 4.59. The number of halogens is 1. The fourth-order valence-electron chi connectivity index (χ4n) is 1.07. The normalized spacial score (nSPS) is 13.4. The van der Waals surface area contributed by atoms with E-state index in [1.165, 1.54) is 0 Å². The van der Waals surface area contributed by atoms with Gasteiger partial charge >= 0.3 is 11.9 Å². The average Bonchev–Trinajstić information content (AvgIpc) is 1.98. The first-order chi connectivity index (χ1) is 6.29. The SMILES string of the molecule is CC(C)(C)C(CC(=O)O)C(=O)OCCl. The largest absolute Gasteiger partial charge is 0.481 e. The van der Waals surface area contributed by atoms with Crippen LogP contribution in [0.4, 0.5) is 0 Å². The summed E-state index contributed by atoms with van der Waals surface area (Å²) in [5.74, 6) is -2.25. The Labute approximate surface area is 88.2 Å². The Morgan fingerprint density at radius 1 is 1.43 bits per heavy atom. The Hall–Kier alpha value is -0.770. The van der Waals surface area contributed by atoms with Crippen LogP contribution in [0.15, 0.2) is 0 Å². The van der Waals surface area contributed by atoms with Crippen molar-refractivity contribution in [3.63, 3.8) is 0 Å². The minimum Gasteiger partial charge on any atom is -0.481 e. The van der Waals surface area contributed by atoms with Crippen LogP contribution >= 0.6 is 11.6 Å². The molecule has 0 fully saturated rings. The standard InChI is InChI=1S/C9H15ClO4/c1-9(2,3)6(4-7(11)12)8(13)14-5-10/h6H,4-5H2,1-3H3,(H,11,12). The van der Waals surface area contributed by atoms with Crippen LogP contribution in [0.1, 0.15) is 27.2 Å². The van der Waals surface area contributed by atoms with E-state index in [9.17, 15) is 9.59 Å². The Balaban J connectivity index is 4.55. The fraction of sp³-hybridized carbons (Fsp3) is 0.778. The molecule has 0 aliphatic carbocycles. The Bertz CT molecular complexity index is 219. The summed E-state index contributed by atoms with van der Waals surface area (Å²) in [6, 6.07) is -0.245. The van der Waals surface area contributed by atoms with E-state index >= 15 is 0 Å². The molecule has 0 amide bonds. The first-order valence-corrected chi connectivity index (χ1v) is 4.77. The molecule has 0 saturated heterocycles. The molecule has 82 valence electrons. The molecule has 0 heterocycles. The maximum absolute atomic E-state index is 11.4. The molecule has 1 N–H and O–H groups in total. The number of carboxylic acid groups (broad SMARTS) is 1. The third-order valence-corrected chi connectivity index (χ3v) is 2.01. The van der Waals surface area contributed by atoms with E-state index < -0.39 is 23.3 Å². The number of aliphatic carboxylic acids is 1. The van der Waals surface area contributed by atoms with Crippen molar-refractivity contribution in [2.45, 2.75) is 27.2 Å². The van der Waals surface area contributed by atoms with Gasteiger partial charge in [-0.15, -0.1) is 0 Å². The quantitative estimate of drug-likeness (QED) is 0.583. The van der Waals surface area contributed by atoms with Crippen molar-refractivity contribution < 1.29 is 19.4 Å². The highest BCUT2D eigenvalue weighted by Gasteiger charge is 2.34. The number of esters is 1. The maximum atomic E-state index is 11.4. The molecular formula is C9H15ClO4. The number of hydrogen-bond acceptors (Lipinski definition) is 3. The van der Waals surface area contributed by atoms with E-state index in [4.69, 9.17) is 16.7 Å². The van der Waals surface area contributed by atoms with Crippen LogP contribution in [-0.2, 0) is 14.3 Å². The number of carbonyl (C=O) groups is 2. The van der Waals surface area contributed by atoms with Crippen LogP contribution in [-0.4, -0.2) is 23.1 Å². The third-order valence-electron chi connectivity index (χ3n) is 1.91. The van der Waals surface area contributed by atoms with Crippen molar-refractivity contribution >= 4 is 23.5 Å². The van der Waals surface area contributed by atoms with Gasteiger partial charge in [0.1, 0.15) is 0 Å². The van der Waals surface area contributed by atoms with Gasteiger partial charge in [0.05, 0.1) is 12.3 Å². The summed E-state index contributed by atoms with van der Waals surface area (Å²) >= 11 is 5.24. The van der Waals surface area contributed by atoms with E-state index in [0.717, 1.165) is 0 Å². The predicted molar refractivity (Wildman–Crippen MR) is 52.0 cm³/mol. The van der Waals surface area contributed by atoms with Gasteiger partial charge in [0, 0.05) is 0 Å². The molecular weight excluding hydrogens is 208 g/mol. The minimum atomic E-state index is -1.02. The van der Waals surface area contributed by atoms with Gasteiger partial charge in [-0.25, -0.2) is 0 Å². The lowest BCUT2D eigenvalue weighted by atomic mass is 9.79. The number of ether oxygens (including phenoxy) is 1. The summed E-state index contributed by atoms with van der Waals surface area (Å²) in [5.41, 5.74) is -0.443. The van der Waals surface area contributed by atoms with Gasteiger partial charge in [0.15, 0.2) is 6.07 Å². The summed E-state index contributed by atoms with van der Waals surface area (Å²) in [6.07, 6.45) is -0.237. The van der Waals surface area contributed by atoms with E-state index in [-0.39, 0.29) is 12.5 Å². The number of carbonyl (C=O) groups excluding carboxylic acids is 1. The molecule has 1 atom stereocenters. The van der Waals surface area contributed by atoms with Crippen LogP contribution in [0.2, 0.25) is 0 Å². The monoisotopic (exact) mass is 222 g/mol. The first-order valence-electron chi connectivity index (χ1n) is 4.23. The molecule has 0 aliphatic rings. The molecule has 4 nitrogen and oxygen atoms in total. The molecule has 0 bridgehead atoms. The van der Waals surface area contributed by atoms with Crippen LogP contribution in [0.25, 0.3) is 0 Å².